The van der Waals surface area contributed by atoms with Crippen molar-refractivity contribution in [2.75, 3.05) is 13.2 Å². The molecule has 1 atom stereocenters. The van der Waals surface area contributed by atoms with Crippen molar-refractivity contribution in [2.24, 2.45) is 0 Å². The molecule has 0 spiro atoms. The third-order valence-electron chi connectivity index (χ3n) is 4.10. The standard InChI is InChI=1S/C20H25N3O/c1-3-12-21-16(2)18-15-23-13-7-10-19(20(23)22-18)24-14-11-17-8-5-4-6-9-17/h4-10,13,15-16,21H,3,11-12,14H2,1-2H3. The average Bonchev–Trinajstić information content (AvgIpc) is 3.06. The van der Waals surface area contributed by atoms with Gasteiger partial charge in [0.05, 0.1) is 12.3 Å². The van der Waals surface area contributed by atoms with Gasteiger partial charge in [-0.25, -0.2) is 4.98 Å². The molecule has 0 saturated heterocycles. The van der Waals surface area contributed by atoms with Gasteiger partial charge in [0.2, 0.25) is 0 Å². The fourth-order valence-corrected chi connectivity index (χ4v) is 2.72. The van der Waals surface area contributed by atoms with E-state index in [-0.39, 0.29) is 6.04 Å². The normalized spacial score (nSPS) is 12.4. The van der Waals surface area contributed by atoms with Crippen molar-refractivity contribution in [2.45, 2.75) is 32.7 Å². The number of aromatic nitrogens is 2. The van der Waals surface area contributed by atoms with Gasteiger partial charge in [-0.15, -0.1) is 0 Å². The van der Waals surface area contributed by atoms with Gasteiger partial charge < -0.3 is 14.5 Å². The lowest BCUT2D eigenvalue weighted by molar-refractivity contribution is 0.324. The molecule has 0 amide bonds. The first-order chi connectivity index (χ1) is 11.8. The van der Waals surface area contributed by atoms with E-state index in [0.717, 1.165) is 36.5 Å². The molecule has 0 bridgehead atoms. The molecule has 3 rings (SSSR count). The maximum Gasteiger partial charge on any atom is 0.179 e. The second kappa shape index (κ2) is 7.97. The van der Waals surface area contributed by atoms with Crippen LogP contribution in [-0.4, -0.2) is 22.5 Å². The summed E-state index contributed by atoms with van der Waals surface area (Å²) < 4.78 is 8.03. The molecule has 126 valence electrons. The largest absolute Gasteiger partial charge is 0.489 e. The first-order valence-corrected chi connectivity index (χ1v) is 8.65. The summed E-state index contributed by atoms with van der Waals surface area (Å²) in [6, 6.07) is 14.6. The van der Waals surface area contributed by atoms with Crippen molar-refractivity contribution in [3.8, 4) is 5.75 Å². The molecular weight excluding hydrogens is 298 g/mol. The first kappa shape index (κ1) is 16.5. The van der Waals surface area contributed by atoms with Gasteiger partial charge in [-0.1, -0.05) is 37.3 Å². The second-order valence-electron chi connectivity index (χ2n) is 6.03. The highest BCUT2D eigenvalue weighted by Crippen LogP contribution is 2.21. The molecule has 0 fully saturated rings. The molecule has 1 unspecified atom stereocenters. The average molecular weight is 323 g/mol. The van der Waals surface area contributed by atoms with Crippen LogP contribution in [0.2, 0.25) is 0 Å². The lowest BCUT2D eigenvalue weighted by Crippen LogP contribution is -2.19. The number of nitrogens with zero attached hydrogens (tertiary/aromatic N) is 2. The molecule has 0 aliphatic carbocycles. The van der Waals surface area contributed by atoms with Crippen molar-refractivity contribution >= 4 is 5.65 Å². The number of hydrogen-bond acceptors (Lipinski definition) is 3. The number of rotatable bonds is 8. The highest BCUT2D eigenvalue weighted by Gasteiger charge is 2.12. The van der Waals surface area contributed by atoms with Crippen molar-refractivity contribution < 1.29 is 4.74 Å². The number of benzene rings is 1. The van der Waals surface area contributed by atoms with E-state index in [4.69, 9.17) is 9.72 Å². The summed E-state index contributed by atoms with van der Waals surface area (Å²) in [5.41, 5.74) is 3.21. The molecule has 3 aromatic rings. The molecule has 0 aliphatic heterocycles. The monoisotopic (exact) mass is 323 g/mol. The summed E-state index contributed by atoms with van der Waals surface area (Å²) in [4.78, 5) is 4.77. The number of hydrogen-bond donors (Lipinski definition) is 1. The molecule has 0 radical (unpaired) electrons. The minimum absolute atomic E-state index is 0.238. The molecule has 2 aromatic heterocycles. The number of fused-ring (bicyclic) bond motifs is 1. The zero-order chi connectivity index (χ0) is 16.8. The molecule has 24 heavy (non-hydrogen) atoms. The zero-order valence-corrected chi connectivity index (χ0v) is 14.4. The molecule has 0 aliphatic rings. The molecule has 4 heteroatoms. The van der Waals surface area contributed by atoms with Crippen molar-refractivity contribution in [3.05, 3.63) is 66.1 Å². The summed E-state index contributed by atoms with van der Waals surface area (Å²) in [6.45, 7) is 5.96. The number of nitrogens with one attached hydrogen (secondary N) is 1. The number of imidazole rings is 1. The van der Waals surface area contributed by atoms with Crippen LogP contribution in [-0.2, 0) is 6.42 Å². The van der Waals surface area contributed by atoms with Crippen LogP contribution in [0.25, 0.3) is 5.65 Å². The zero-order valence-electron chi connectivity index (χ0n) is 14.4. The summed E-state index contributed by atoms with van der Waals surface area (Å²) in [6.07, 6.45) is 6.10. The number of pyridine rings is 1. The maximum atomic E-state index is 5.99. The van der Waals surface area contributed by atoms with E-state index in [2.05, 4.69) is 49.6 Å². The molecule has 2 heterocycles. The minimum atomic E-state index is 0.238. The Hall–Kier alpha value is -2.33. The Bertz CT molecular complexity index is 767. The van der Waals surface area contributed by atoms with Gasteiger partial charge in [0.25, 0.3) is 0 Å². The van der Waals surface area contributed by atoms with Gasteiger partial charge in [0.15, 0.2) is 11.4 Å². The van der Waals surface area contributed by atoms with Crippen LogP contribution < -0.4 is 10.1 Å². The van der Waals surface area contributed by atoms with Gasteiger partial charge in [-0.2, -0.15) is 0 Å². The summed E-state index contributed by atoms with van der Waals surface area (Å²) in [7, 11) is 0. The predicted octanol–water partition coefficient (Wildman–Crippen LogP) is 4.02. The Morgan fingerprint density at radius 2 is 2.00 bits per heavy atom. The fraction of sp³-hybridized carbons (Fsp3) is 0.350. The van der Waals surface area contributed by atoms with Gasteiger partial charge in [-0.05, 0) is 37.6 Å². The van der Waals surface area contributed by atoms with E-state index in [1.165, 1.54) is 5.56 Å². The van der Waals surface area contributed by atoms with E-state index >= 15 is 0 Å². The van der Waals surface area contributed by atoms with Crippen LogP contribution in [0, 0.1) is 0 Å². The molecule has 0 saturated carbocycles. The molecule has 1 N–H and O–H groups in total. The minimum Gasteiger partial charge on any atom is -0.489 e. The Balaban J connectivity index is 1.70. The Morgan fingerprint density at radius 1 is 1.17 bits per heavy atom. The van der Waals surface area contributed by atoms with Crippen LogP contribution in [0.4, 0.5) is 0 Å². The van der Waals surface area contributed by atoms with E-state index < -0.39 is 0 Å². The van der Waals surface area contributed by atoms with Gasteiger partial charge in [-0.3, -0.25) is 0 Å². The lowest BCUT2D eigenvalue weighted by Gasteiger charge is -2.09. The maximum absolute atomic E-state index is 5.99. The third-order valence-corrected chi connectivity index (χ3v) is 4.10. The SMILES string of the molecule is CCCNC(C)c1cn2cccc(OCCc3ccccc3)c2n1. The summed E-state index contributed by atoms with van der Waals surface area (Å²) in [5.74, 6) is 0.836. The van der Waals surface area contributed by atoms with Crippen LogP contribution in [0.3, 0.4) is 0 Å². The van der Waals surface area contributed by atoms with E-state index in [9.17, 15) is 0 Å². The Labute approximate surface area is 143 Å². The van der Waals surface area contributed by atoms with Crippen LogP contribution in [0.5, 0.6) is 5.75 Å². The van der Waals surface area contributed by atoms with Gasteiger partial charge >= 0.3 is 0 Å². The highest BCUT2D eigenvalue weighted by molar-refractivity contribution is 5.54. The molecule has 4 nitrogen and oxygen atoms in total. The van der Waals surface area contributed by atoms with E-state index in [1.807, 2.05) is 28.8 Å². The van der Waals surface area contributed by atoms with Gasteiger partial charge in [0.1, 0.15) is 0 Å². The van der Waals surface area contributed by atoms with Crippen molar-refractivity contribution in [3.63, 3.8) is 0 Å². The first-order valence-electron chi connectivity index (χ1n) is 8.65. The fourth-order valence-electron chi connectivity index (χ4n) is 2.72. The molecule has 1 aromatic carbocycles. The van der Waals surface area contributed by atoms with Crippen LogP contribution >= 0.6 is 0 Å². The van der Waals surface area contributed by atoms with Crippen molar-refractivity contribution in [1.29, 1.82) is 0 Å². The summed E-state index contributed by atoms with van der Waals surface area (Å²) >= 11 is 0. The third kappa shape index (κ3) is 3.95. The molecular formula is C20H25N3O. The smallest absolute Gasteiger partial charge is 0.179 e. The highest BCUT2D eigenvalue weighted by atomic mass is 16.5. The lowest BCUT2D eigenvalue weighted by atomic mass is 10.2. The topological polar surface area (TPSA) is 38.6 Å². The number of ether oxygens (including phenoxy) is 1. The summed E-state index contributed by atoms with van der Waals surface area (Å²) in [5, 5.41) is 3.48. The van der Waals surface area contributed by atoms with E-state index in [0.29, 0.717) is 6.61 Å². The Kier molecular flexibility index (Phi) is 5.49. The van der Waals surface area contributed by atoms with Crippen LogP contribution in [0.1, 0.15) is 37.6 Å². The van der Waals surface area contributed by atoms with Gasteiger partial charge in [0, 0.05) is 24.9 Å². The predicted molar refractivity (Wildman–Crippen MR) is 97.5 cm³/mol. The van der Waals surface area contributed by atoms with Crippen LogP contribution in [0.15, 0.2) is 54.9 Å². The second-order valence-corrected chi connectivity index (χ2v) is 6.03. The van der Waals surface area contributed by atoms with E-state index in [1.54, 1.807) is 0 Å². The van der Waals surface area contributed by atoms with Crippen molar-refractivity contribution in [1.82, 2.24) is 14.7 Å². The quantitative estimate of drug-likeness (QED) is 0.680. The Morgan fingerprint density at radius 3 is 2.79 bits per heavy atom.